The lowest BCUT2D eigenvalue weighted by Gasteiger charge is -2.33. The van der Waals surface area contributed by atoms with Crippen LogP contribution in [0.15, 0.2) is 18.2 Å². The predicted octanol–water partition coefficient (Wildman–Crippen LogP) is 1.61. The van der Waals surface area contributed by atoms with Crippen molar-refractivity contribution in [2.24, 2.45) is 5.92 Å². The Morgan fingerprint density at radius 3 is 2.91 bits per heavy atom. The van der Waals surface area contributed by atoms with Gasteiger partial charge in [0.2, 0.25) is 0 Å². The van der Waals surface area contributed by atoms with E-state index in [0.717, 1.165) is 12.3 Å². The summed E-state index contributed by atoms with van der Waals surface area (Å²) in [6.45, 7) is 1.85. The van der Waals surface area contributed by atoms with Gasteiger partial charge in [0.1, 0.15) is 17.5 Å². The summed E-state index contributed by atoms with van der Waals surface area (Å²) in [6.07, 6.45) is 2.54. The topological polar surface area (TPSA) is 55.8 Å². The van der Waals surface area contributed by atoms with E-state index in [1.165, 1.54) is 23.8 Å². The monoisotopic (exact) mass is 301 g/mol. The second kappa shape index (κ2) is 5.93. The number of rotatable bonds is 4. The van der Waals surface area contributed by atoms with E-state index in [0.29, 0.717) is 19.5 Å². The number of hydrogen-bond acceptors (Lipinski definition) is 5. The van der Waals surface area contributed by atoms with Crippen molar-refractivity contribution in [3.8, 4) is 5.75 Å². The van der Waals surface area contributed by atoms with Gasteiger partial charge in [-0.3, -0.25) is 14.5 Å². The maximum absolute atomic E-state index is 11.8. The van der Waals surface area contributed by atoms with E-state index < -0.39 is 11.9 Å². The normalized spacial score (nSPS) is 20.7. The first-order valence-corrected chi connectivity index (χ1v) is 7.34. The Kier molecular flexibility index (Phi) is 3.98. The third-order valence-corrected chi connectivity index (χ3v) is 4.32. The summed E-state index contributed by atoms with van der Waals surface area (Å²) in [5.41, 5.74) is 3.60. The average Bonchev–Trinajstić information content (AvgIpc) is 2.53. The van der Waals surface area contributed by atoms with Gasteiger partial charge in [-0.05, 0) is 34.9 Å². The fourth-order valence-electron chi connectivity index (χ4n) is 3.01. The van der Waals surface area contributed by atoms with Crippen molar-refractivity contribution >= 4 is 23.4 Å². The number of carbonyl (C=O) groups excluding carboxylic acids is 2. The smallest absolute Gasteiger partial charge is 0.317 e. The molecule has 5 nitrogen and oxygen atoms in total. The molecule has 0 amide bonds. The first kappa shape index (κ1) is 14.8. The molecule has 0 aromatic heterocycles. The molecule has 1 aliphatic carbocycles. The van der Waals surface area contributed by atoms with Gasteiger partial charge in [-0.25, -0.2) is 0 Å². The average molecular weight is 301 g/mol. The number of likely N-dealkylation sites (tertiary alicyclic amines) is 1. The Hall–Kier alpha value is -2.14. The third-order valence-electron chi connectivity index (χ3n) is 4.32. The van der Waals surface area contributed by atoms with Gasteiger partial charge < -0.3 is 9.47 Å². The molecule has 1 heterocycles. The van der Waals surface area contributed by atoms with Crippen LogP contribution in [0.1, 0.15) is 17.5 Å². The summed E-state index contributed by atoms with van der Waals surface area (Å²) in [5.74, 6) is -0.262. The van der Waals surface area contributed by atoms with Crippen LogP contribution in [-0.4, -0.2) is 50.5 Å². The number of nitrogens with zero attached hydrogens (tertiary/aromatic N) is 1. The molecule has 1 unspecified atom stereocenters. The van der Waals surface area contributed by atoms with Crippen molar-refractivity contribution in [2.45, 2.75) is 6.42 Å². The van der Waals surface area contributed by atoms with E-state index in [1.807, 2.05) is 18.2 Å². The van der Waals surface area contributed by atoms with Gasteiger partial charge in [0.25, 0.3) is 0 Å². The van der Waals surface area contributed by atoms with Gasteiger partial charge in [-0.2, -0.15) is 0 Å². The largest absolute Gasteiger partial charge is 0.497 e. The zero-order valence-electron chi connectivity index (χ0n) is 12.8. The fraction of sp³-hybridized carbons (Fsp3) is 0.412. The van der Waals surface area contributed by atoms with Crippen LogP contribution in [0.5, 0.6) is 5.75 Å². The molecule has 1 saturated heterocycles. The SMILES string of the molecule is COC(=O)C1CN(CC2=Cc3ccc(OC)cc32)CCC1=O. The van der Waals surface area contributed by atoms with E-state index in [9.17, 15) is 9.59 Å². The summed E-state index contributed by atoms with van der Waals surface area (Å²) in [5, 5.41) is 0. The van der Waals surface area contributed by atoms with E-state index in [1.54, 1.807) is 7.11 Å². The van der Waals surface area contributed by atoms with Crippen molar-refractivity contribution in [3.63, 3.8) is 0 Å². The number of hydrogen-bond donors (Lipinski definition) is 0. The summed E-state index contributed by atoms with van der Waals surface area (Å²) >= 11 is 0. The van der Waals surface area contributed by atoms with Crippen LogP contribution in [0.3, 0.4) is 0 Å². The van der Waals surface area contributed by atoms with Crippen LogP contribution in [0, 0.1) is 5.92 Å². The Labute approximate surface area is 129 Å². The van der Waals surface area contributed by atoms with Gasteiger partial charge in [-0.1, -0.05) is 6.07 Å². The van der Waals surface area contributed by atoms with Gasteiger partial charge in [0, 0.05) is 26.1 Å². The zero-order chi connectivity index (χ0) is 15.7. The molecule has 0 saturated carbocycles. The summed E-state index contributed by atoms with van der Waals surface area (Å²) in [6, 6.07) is 6.01. The molecule has 1 aliphatic heterocycles. The van der Waals surface area contributed by atoms with Crippen molar-refractivity contribution in [3.05, 3.63) is 29.3 Å². The van der Waals surface area contributed by atoms with E-state index in [4.69, 9.17) is 9.47 Å². The first-order chi connectivity index (χ1) is 10.6. The van der Waals surface area contributed by atoms with Crippen LogP contribution in [-0.2, 0) is 14.3 Å². The van der Waals surface area contributed by atoms with Crippen molar-refractivity contribution in [1.82, 2.24) is 4.90 Å². The molecule has 3 rings (SSSR count). The molecule has 0 radical (unpaired) electrons. The van der Waals surface area contributed by atoms with Crippen molar-refractivity contribution < 1.29 is 19.1 Å². The quantitative estimate of drug-likeness (QED) is 0.625. The standard InChI is InChI=1S/C17H19NO4/c1-21-13-4-3-11-7-12(14(11)8-13)9-18-6-5-16(19)15(10-18)17(20)22-2/h3-4,7-8,15H,5-6,9-10H2,1-2H3. The molecule has 116 valence electrons. The molecule has 22 heavy (non-hydrogen) atoms. The highest BCUT2D eigenvalue weighted by molar-refractivity contribution is 6.00. The van der Waals surface area contributed by atoms with Gasteiger partial charge in [-0.15, -0.1) is 0 Å². The van der Waals surface area contributed by atoms with Gasteiger partial charge in [0.05, 0.1) is 14.2 Å². The van der Waals surface area contributed by atoms with Crippen LogP contribution in [0.2, 0.25) is 0 Å². The van der Waals surface area contributed by atoms with Gasteiger partial charge >= 0.3 is 5.97 Å². The highest BCUT2D eigenvalue weighted by Gasteiger charge is 2.34. The third kappa shape index (κ3) is 2.64. The van der Waals surface area contributed by atoms with E-state index in [-0.39, 0.29) is 5.78 Å². The molecule has 2 aliphatic rings. The molecule has 0 bridgehead atoms. The Bertz CT molecular complexity index is 642. The molecule has 0 N–H and O–H groups in total. The van der Waals surface area contributed by atoms with Crippen LogP contribution in [0.4, 0.5) is 0 Å². The lowest BCUT2D eigenvalue weighted by molar-refractivity contribution is -0.151. The summed E-state index contributed by atoms with van der Waals surface area (Å²) in [7, 11) is 2.98. The lowest BCUT2D eigenvalue weighted by atomic mass is 9.87. The number of methoxy groups -OCH3 is 2. The minimum atomic E-state index is -0.649. The zero-order valence-corrected chi connectivity index (χ0v) is 12.8. The molecular weight excluding hydrogens is 282 g/mol. The predicted molar refractivity (Wildman–Crippen MR) is 82.4 cm³/mol. The van der Waals surface area contributed by atoms with Crippen molar-refractivity contribution in [2.75, 3.05) is 33.9 Å². The minimum Gasteiger partial charge on any atom is -0.497 e. The minimum absolute atomic E-state index is 0.0206. The molecule has 1 atom stereocenters. The molecule has 1 fully saturated rings. The van der Waals surface area contributed by atoms with E-state index >= 15 is 0 Å². The maximum atomic E-state index is 11.8. The number of benzene rings is 1. The second-order valence-corrected chi connectivity index (χ2v) is 5.65. The fourth-order valence-corrected chi connectivity index (χ4v) is 3.01. The number of Topliss-reactive ketones (excluding diaryl/α,β-unsaturated/α-hetero) is 1. The van der Waals surface area contributed by atoms with Crippen LogP contribution >= 0.6 is 0 Å². The second-order valence-electron chi connectivity index (χ2n) is 5.65. The molecule has 1 aromatic carbocycles. The Morgan fingerprint density at radius 2 is 2.18 bits per heavy atom. The highest BCUT2D eigenvalue weighted by atomic mass is 16.5. The summed E-state index contributed by atoms with van der Waals surface area (Å²) < 4.78 is 9.98. The highest BCUT2D eigenvalue weighted by Crippen LogP contribution is 2.36. The number of carbonyl (C=O) groups is 2. The number of esters is 1. The Morgan fingerprint density at radius 1 is 1.36 bits per heavy atom. The van der Waals surface area contributed by atoms with Crippen molar-refractivity contribution in [1.29, 1.82) is 0 Å². The molecule has 5 heteroatoms. The molecule has 0 spiro atoms. The number of ketones is 1. The first-order valence-electron chi connectivity index (χ1n) is 7.34. The van der Waals surface area contributed by atoms with Crippen LogP contribution < -0.4 is 4.74 Å². The van der Waals surface area contributed by atoms with Crippen LogP contribution in [0.25, 0.3) is 11.6 Å². The number of piperidine rings is 1. The number of fused-ring (bicyclic) bond motifs is 1. The molecule has 1 aromatic rings. The maximum Gasteiger partial charge on any atom is 0.317 e. The van der Waals surface area contributed by atoms with E-state index in [2.05, 4.69) is 11.0 Å². The summed E-state index contributed by atoms with van der Waals surface area (Å²) in [4.78, 5) is 25.6. The Balaban J connectivity index is 1.67. The van der Waals surface area contributed by atoms with Gasteiger partial charge in [0.15, 0.2) is 0 Å². The molecular formula is C17H19NO4. The lowest BCUT2D eigenvalue weighted by Crippen LogP contribution is -2.45. The number of ether oxygens (including phenoxy) is 2.